The van der Waals surface area contributed by atoms with Crippen LogP contribution >= 0.6 is 35.6 Å². The Bertz CT molecular complexity index is 1450. The zero-order valence-corrected chi connectivity index (χ0v) is 21.5. The van der Waals surface area contributed by atoms with Gasteiger partial charge in [-0.05, 0) is 30.7 Å². The summed E-state index contributed by atoms with van der Waals surface area (Å²) in [6.45, 7) is 2.09. The third-order valence-electron chi connectivity index (χ3n) is 5.91. The van der Waals surface area contributed by atoms with Crippen LogP contribution in [0, 0.1) is 6.92 Å². The number of fused-ring (bicyclic) bond motifs is 1. The molecule has 0 spiro atoms. The number of hydrogen-bond acceptors (Lipinski definition) is 5. The third-order valence-corrected chi connectivity index (χ3v) is 7.69. The van der Waals surface area contributed by atoms with Gasteiger partial charge in [0, 0.05) is 5.56 Å². The topological polar surface area (TPSA) is 69.7 Å². The number of hydrogen-bond donors (Lipinski definition) is 1. The van der Waals surface area contributed by atoms with Gasteiger partial charge in [-0.25, -0.2) is 0 Å². The van der Waals surface area contributed by atoms with Crippen LogP contribution in [-0.2, 0) is 20.9 Å². The summed E-state index contributed by atoms with van der Waals surface area (Å²) in [4.78, 5) is 43.0. The number of halogens is 1. The number of thioether (sulfide) groups is 1. The summed E-state index contributed by atoms with van der Waals surface area (Å²) < 4.78 is 0.392. The van der Waals surface area contributed by atoms with Crippen LogP contribution in [0.3, 0.4) is 0 Å². The highest BCUT2D eigenvalue weighted by atomic mass is 35.5. The Kier molecular flexibility index (Phi) is 6.66. The maximum absolute atomic E-state index is 13.6. The van der Waals surface area contributed by atoms with E-state index in [0.29, 0.717) is 32.8 Å². The molecule has 0 unspecified atom stereocenters. The lowest BCUT2D eigenvalue weighted by Gasteiger charge is -2.17. The van der Waals surface area contributed by atoms with Crippen LogP contribution in [0.4, 0.5) is 11.4 Å². The molecule has 2 aliphatic rings. The van der Waals surface area contributed by atoms with Crippen molar-refractivity contribution in [3.05, 3.63) is 99.4 Å². The van der Waals surface area contributed by atoms with Gasteiger partial charge < -0.3 is 5.32 Å². The average molecular weight is 534 g/mol. The summed E-state index contributed by atoms with van der Waals surface area (Å²) in [6.07, 6.45) is 0. The van der Waals surface area contributed by atoms with Gasteiger partial charge in [-0.1, -0.05) is 95.7 Å². The lowest BCUT2D eigenvalue weighted by atomic mass is 10.1. The van der Waals surface area contributed by atoms with Crippen LogP contribution in [0.1, 0.15) is 16.7 Å². The van der Waals surface area contributed by atoms with E-state index in [1.54, 1.807) is 48.5 Å². The number of nitrogens with one attached hydrogen (secondary N) is 1. The molecule has 36 heavy (non-hydrogen) atoms. The molecular formula is C27H20ClN3O3S2. The minimum Gasteiger partial charge on any atom is -0.323 e. The molecule has 0 radical (unpaired) electrons. The highest BCUT2D eigenvalue weighted by molar-refractivity contribution is 8.26. The summed E-state index contributed by atoms with van der Waals surface area (Å²) in [5.74, 6) is -1.13. The minimum atomic E-state index is -0.415. The number of para-hydroxylation sites is 2. The van der Waals surface area contributed by atoms with Gasteiger partial charge in [0.1, 0.15) is 10.9 Å². The Morgan fingerprint density at radius 2 is 1.64 bits per heavy atom. The molecule has 1 N–H and O–H groups in total. The lowest BCUT2D eigenvalue weighted by molar-refractivity contribution is -0.122. The molecule has 0 saturated carbocycles. The Morgan fingerprint density at radius 1 is 0.944 bits per heavy atom. The van der Waals surface area contributed by atoms with Gasteiger partial charge in [0.25, 0.3) is 11.8 Å². The largest absolute Gasteiger partial charge is 0.323 e. The molecule has 3 amide bonds. The van der Waals surface area contributed by atoms with Gasteiger partial charge in [0.2, 0.25) is 5.91 Å². The van der Waals surface area contributed by atoms with E-state index in [1.165, 1.54) is 9.80 Å². The zero-order valence-electron chi connectivity index (χ0n) is 19.2. The quantitative estimate of drug-likeness (QED) is 0.351. The van der Waals surface area contributed by atoms with E-state index in [0.717, 1.165) is 22.9 Å². The van der Waals surface area contributed by atoms with Gasteiger partial charge >= 0.3 is 0 Å². The van der Waals surface area contributed by atoms with Crippen molar-refractivity contribution in [1.82, 2.24) is 4.90 Å². The predicted molar refractivity (Wildman–Crippen MR) is 148 cm³/mol. The number of anilines is 2. The Balaban J connectivity index is 1.43. The first-order valence-corrected chi connectivity index (χ1v) is 12.7. The van der Waals surface area contributed by atoms with E-state index in [2.05, 4.69) is 5.32 Å². The number of nitrogens with zero attached hydrogens (tertiary/aromatic N) is 2. The molecule has 3 aromatic rings. The molecule has 3 aromatic carbocycles. The van der Waals surface area contributed by atoms with Crippen LogP contribution < -0.4 is 10.2 Å². The number of thiocarbonyl (C=S) groups is 1. The zero-order chi connectivity index (χ0) is 25.4. The molecule has 0 atom stereocenters. The second-order valence-corrected chi connectivity index (χ2v) is 10.4. The van der Waals surface area contributed by atoms with Gasteiger partial charge in [-0.3, -0.25) is 24.2 Å². The second kappa shape index (κ2) is 9.89. The molecule has 180 valence electrons. The number of amides is 3. The van der Waals surface area contributed by atoms with Crippen LogP contribution in [0.2, 0.25) is 5.02 Å². The van der Waals surface area contributed by atoms with Crippen LogP contribution in [0.15, 0.2) is 77.7 Å². The first kappa shape index (κ1) is 24.2. The van der Waals surface area contributed by atoms with Gasteiger partial charge in [0.15, 0.2) is 0 Å². The van der Waals surface area contributed by atoms with Crippen molar-refractivity contribution in [2.24, 2.45) is 0 Å². The van der Waals surface area contributed by atoms with Gasteiger partial charge in [-0.15, -0.1) is 0 Å². The lowest BCUT2D eigenvalue weighted by Crippen LogP contribution is -2.35. The minimum absolute atomic E-state index is 0.228. The highest BCUT2D eigenvalue weighted by Gasteiger charge is 2.42. The fourth-order valence-electron chi connectivity index (χ4n) is 4.11. The Morgan fingerprint density at radius 3 is 2.39 bits per heavy atom. The van der Waals surface area contributed by atoms with Gasteiger partial charge in [-0.2, -0.15) is 0 Å². The van der Waals surface area contributed by atoms with Crippen LogP contribution in [-0.4, -0.2) is 33.5 Å². The van der Waals surface area contributed by atoms with E-state index >= 15 is 0 Å². The van der Waals surface area contributed by atoms with Crippen LogP contribution in [0.25, 0.3) is 5.57 Å². The molecule has 0 bridgehead atoms. The summed E-state index contributed by atoms with van der Waals surface area (Å²) in [7, 11) is 0. The molecule has 2 heterocycles. The van der Waals surface area contributed by atoms with Gasteiger partial charge in [0.05, 0.1) is 33.4 Å². The highest BCUT2D eigenvalue weighted by Crippen LogP contribution is 2.44. The Hall–Kier alpha value is -3.46. The second-order valence-electron chi connectivity index (χ2n) is 8.39. The number of rotatable bonds is 5. The summed E-state index contributed by atoms with van der Waals surface area (Å²) in [5.41, 5.74) is 3.96. The average Bonchev–Trinajstić information content (AvgIpc) is 3.29. The van der Waals surface area contributed by atoms with Crippen molar-refractivity contribution >= 4 is 74.6 Å². The summed E-state index contributed by atoms with van der Waals surface area (Å²) in [6, 6.07) is 21.9. The fraction of sp³-hybridized carbons (Fsp3) is 0.111. The van der Waals surface area contributed by atoms with Crippen molar-refractivity contribution in [1.29, 1.82) is 0 Å². The van der Waals surface area contributed by atoms with Crippen molar-refractivity contribution in [2.45, 2.75) is 13.5 Å². The van der Waals surface area contributed by atoms with Crippen molar-refractivity contribution in [3.8, 4) is 0 Å². The first-order chi connectivity index (χ1) is 17.3. The molecule has 1 fully saturated rings. The SMILES string of the molecule is Cc1ccc(CN2C(=O)C(=C3C(=O)N(CC(=O)Nc4ccccc4Cl)c4ccccc43)SC2=S)cc1. The first-order valence-electron chi connectivity index (χ1n) is 11.1. The fourth-order valence-corrected chi connectivity index (χ4v) is 5.62. The molecule has 1 saturated heterocycles. The van der Waals surface area contributed by atoms with E-state index in [9.17, 15) is 14.4 Å². The molecule has 0 aliphatic carbocycles. The monoisotopic (exact) mass is 533 g/mol. The maximum atomic E-state index is 13.6. The predicted octanol–water partition coefficient (Wildman–Crippen LogP) is 5.41. The van der Waals surface area contributed by atoms with Crippen LogP contribution in [0.5, 0.6) is 0 Å². The van der Waals surface area contributed by atoms with E-state index in [-0.39, 0.29) is 22.9 Å². The summed E-state index contributed by atoms with van der Waals surface area (Å²) >= 11 is 12.8. The number of benzene rings is 3. The molecule has 6 nitrogen and oxygen atoms in total. The Labute approximate surface area is 222 Å². The van der Waals surface area contributed by atoms with E-state index in [1.807, 2.05) is 31.2 Å². The molecule has 0 aromatic heterocycles. The number of carbonyl (C=O) groups is 3. The molecule has 5 rings (SSSR count). The summed E-state index contributed by atoms with van der Waals surface area (Å²) in [5, 5.41) is 3.14. The molecule has 2 aliphatic heterocycles. The van der Waals surface area contributed by atoms with Crippen molar-refractivity contribution < 1.29 is 14.4 Å². The molecule has 9 heteroatoms. The standard InChI is InChI=1S/C27H20ClN3O3S2/c1-16-10-12-17(13-11-16)14-31-26(34)24(36-27(31)35)23-18-6-2-5-9-21(18)30(25(23)33)15-22(32)29-20-8-4-3-7-19(20)28/h2-13H,14-15H2,1H3,(H,29,32). The maximum Gasteiger partial charge on any atom is 0.267 e. The molecular weight excluding hydrogens is 514 g/mol. The van der Waals surface area contributed by atoms with Crippen molar-refractivity contribution in [2.75, 3.05) is 16.8 Å². The third kappa shape index (κ3) is 4.55. The number of carbonyl (C=O) groups excluding carboxylic acids is 3. The number of aryl methyl sites for hydroxylation is 1. The normalized spacial score (nSPS) is 17.1. The van der Waals surface area contributed by atoms with Crippen molar-refractivity contribution in [3.63, 3.8) is 0 Å². The van der Waals surface area contributed by atoms with E-state index < -0.39 is 11.8 Å². The smallest absolute Gasteiger partial charge is 0.267 e. The van der Waals surface area contributed by atoms with E-state index in [4.69, 9.17) is 23.8 Å².